The molecule has 1 amide bonds. The van der Waals surface area contributed by atoms with E-state index in [2.05, 4.69) is 5.32 Å². The quantitative estimate of drug-likeness (QED) is 0.341. The van der Waals surface area contributed by atoms with E-state index in [9.17, 15) is 9.18 Å². The molecular formula is C30H37ClFN3O2. The van der Waals surface area contributed by atoms with Crippen LogP contribution >= 0.6 is 11.6 Å². The van der Waals surface area contributed by atoms with Crippen molar-refractivity contribution in [3.63, 3.8) is 0 Å². The lowest BCUT2D eigenvalue weighted by Crippen LogP contribution is -2.44. The van der Waals surface area contributed by atoms with Gasteiger partial charge in [-0.05, 0) is 87.4 Å². The topological polar surface area (TPSA) is 56.2 Å². The number of aryl methyl sites for hydroxylation is 1. The highest BCUT2D eigenvalue weighted by Gasteiger charge is 2.36. The molecule has 1 aromatic heterocycles. The number of carbonyl (C=O) groups excluding carboxylic acids is 1. The Labute approximate surface area is 223 Å². The van der Waals surface area contributed by atoms with Gasteiger partial charge in [0.05, 0.1) is 11.0 Å². The van der Waals surface area contributed by atoms with Crippen LogP contribution in [0.5, 0.6) is 5.75 Å². The minimum absolute atomic E-state index is 0.0264. The highest BCUT2D eigenvalue weighted by atomic mass is 35.5. The molecule has 1 unspecified atom stereocenters. The molecule has 7 heteroatoms. The maximum Gasteiger partial charge on any atom is 0.243 e. The van der Waals surface area contributed by atoms with Gasteiger partial charge >= 0.3 is 0 Å². The van der Waals surface area contributed by atoms with E-state index >= 15 is 0 Å². The monoisotopic (exact) mass is 525 g/mol. The summed E-state index contributed by atoms with van der Waals surface area (Å²) in [6, 6.07) is 9.90. The van der Waals surface area contributed by atoms with Crippen LogP contribution in [0.4, 0.5) is 4.39 Å². The largest absolute Gasteiger partial charge is 0.483 e. The zero-order chi connectivity index (χ0) is 25.9. The van der Waals surface area contributed by atoms with E-state index in [4.69, 9.17) is 21.3 Å². The molecule has 0 radical (unpaired) electrons. The van der Waals surface area contributed by atoms with Crippen LogP contribution in [-0.4, -0.2) is 21.5 Å². The second kappa shape index (κ2) is 11.4. The minimum atomic E-state index is -0.457. The second-order valence-corrected chi connectivity index (χ2v) is 11.3. The molecule has 0 bridgehead atoms. The molecule has 1 N–H and O–H groups in total. The normalized spacial score (nSPS) is 19.0. The van der Waals surface area contributed by atoms with Crippen molar-refractivity contribution in [3.8, 4) is 5.75 Å². The third kappa shape index (κ3) is 5.79. The number of aromatic nitrogens is 2. The summed E-state index contributed by atoms with van der Waals surface area (Å²) in [5.41, 5.74) is 2.24. The Balaban J connectivity index is 1.57. The first kappa shape index (κ1) is 26.0. The van der Waals surface area contributed by atoms with Crippen LogP contribution in [-0.2, 0) is 4.79 Å². The molecule has 5 rings (SSSR count). The second-order valence-electron chi connectivity index (χ2n) is 10.8. The molecule has 1 heterocycles. The lowest BCUT2D eigenvalue weighted by Gasteiger charge is -2.34. The van der Waals surface area contributed by atoms with Gasteiger partial charge in [0.2, 0.25) is 5.91 Å². The van der Waals surface area contributed by atoms with E-state index in [0.717, 1.165) is 56.9 Å². The predicted octanol–water partition coefficient (Wildman–Crippen LogP) is 7.85. The first-order valence-electron chi connectivity index (χ1n) is 13.8. The van der Waals surface area contributed by atoms with Crippen molar-refractivity contribution in [1.82, 2.24) is 14.9 Å². The highest BCUT2D eigenvalue weighted by molar-refractivity contribution is 6.30. The molecule has 2 fully saturated rings. The molecule has 2 aromatic carbocycles. The van der Waals surface area contributed by atoms with Crippen LogP contribution in [0.2, 0.25) is 5.02 Å². The zero-order valence-electron chi connectivity index (χ0n) is 21.8. The number of halogens is 2. The number of benzene rings is 2. The van der Waals surface area contributed by atoms with Gasteiger partial charge in [0, 0.05) is 11.1 Å². The number of imidazole rings is 1. The Morgan fingerprint density at radius 2 is 1.76 bits per heavy atom. The lowest BCUT2D eigenvalue weighted by molar-refractivity contribution is -0.127. The maximum absolute atomic E-state index is 14.6. The molecule has 37 heavy (non-hydrogen) atoms. The Morgan fingerprint density at radius 3 is 2.46 bits per heavy atom. The summed E-state index contributed by atoms with van der Waals surface area (Å²) >= 11 is 6.15. The fourth-order valence-electron chi connectivity index (χ4n) is 6.18. The molecule has 198 valence electrons. The smallest absolute Gasteiger partial charge is 0.243 e. The molecule has 0 aliphatic heterocycles. The van der Waals surface area contributed by atoms with Crippen molar-refractivity contribution in [2.45, 2.75) is 96.2 Å². The standard InChI is InChI=1S/C30H37ClFN3O2/c1-19-17-22(31)13-16-27(19)37-20(2)29-34-25-15-14-23(32)18-26(25)35(29)28(21-9-5-3-6-10-21)30(36)33-24-11-7-4-8-12-24/h13-18,20-21,24,28H,3-12H2,1-2H3,(H,33,36)/t20-,28?/m0/s1. The summed E-state index contributed by atoms with van der Waals surface area (Å²) < 4.78 is 22.9. The summed E-state index contributed by atoms with van der Waals surface area (Å²) in [6.45, 7) is 3.90. The molecule has 0 spiro atoms. The van der Waals surface area contributed by atoms with E-state index < -0.39 is 12.1 Å². The van der Waals surface area contributed by atoms with Gasteiger partial charge in [-0.15, -0.1) is 0 Å². The van der Waals surface area contributed by atoms with Gasteiger partial charge < -0.3 is 14.6 Å². The summed E-state index contributed by atoms with van der Waals surface area (Å²) in [5.74, 6) is 1.21. The fraction of sp³-hybridized carbons (Fsp3) is 0.533. The van der Waals surface area contributed by atoms with Crippen LogP contribution in [0.1, 0.15) is 94.7 Å². The molecule has 2 saturated carbocycles. The number of hydrogen-bond donors (Lipinski definition) is 1. The van der Waals surface area contributed by atoms with Gasteiger partial charge in [-0.2, -0.15) is 0 Å². The molecule has 0 saturated heterocycles. The van der Waals surface area contributed by atoms with E-state index in [1.807, 2.05) is 30.5 Å². The fourth-order valence-corrected chi connectivity index (χ4v) is 6.40. The molecule has 2 atom stereocenters. The van der Waals surface area contributed by atoms with Gasteiger partial charge in [0.15, 0.2) is 11.9 Å². The van der Waals surface area contributed by atoms with Crippen LogP contribution in [0.15, 0.2) is 36.4 Å². The Hall–Kier alpha value is -2.60. The van der Waals surface area contributed by atoms with Crippen molar-refractivity contribution < 1.29 is 13.9 Å². The van der Waals surface area contributed by atoms with Gasteiger partial charge in [0.1, 0.15) is 17.6 Å². The summed E-state index contributed by atoms with van der Waals surface area (Å²) in [7, 11) is 0. The number of carbonyl (C=O) groups is 1. The third-order valence-corrected chi connectivity index (χ3v) is 8.31. The lowest BCUT2D eigenvalue weighted by atomic mass is 9.82. The number of fused-ring (bicyclic) bond motifs is 1. The first-order valence-corrected chi connectivity index (χ1v) is 14.2. The molecule has 2 aliphatic carbocycles. The van der Waals surface area contributed by atoms with Crippen molar-refractivity contribution in [2.75, 3.05) is 0 Å². The zero-order valence-corrected chi connectivity index (χ0v) is 22.6. The average Bonchev–Trinajstić information content (AvgIpc) is 3.25. The first-order chi connectivity index (χ1) is 17.9. The summed E-state index contributed by atoms with van der Waals surface area (Å²) in [6.07, 6.45) is 10.4. The number of nitrogens with one attached hydrogen (secondary N) is 1. The van der Waals surface area contributed by atoms with Gasteiger partial charge in [0.25, 0.3) is 0 Å². The van der Waals surface area contributed by atoms with Crippen molar-refractivity contribution in [3.05, 3.63) is 58.6 Å². The summed E-state index contributed by atoms with van der Waals surface area (Å²) in [4.78, 5) is 19.0. The number of hydrogen-bond acceptors (Lipinski definition) is 3. The van der Waals surface area contributed by atoms with Gasteiger partial charge in [-0.3, -0.25) is 4.79 Å². The third-order valence-electron chi connectivity index (χ3n) is 8.08. The number of amides is 1. The number of rotatable bonds is 7. The van der Waals surface area contributed by atoms with E-state index in [1.165, 1.54) is 25.0 Å². The number of ether oxygens (including phenoxy) is 1. The van der Waals surface area contributed by atoms with E-state index in [0.29, 0.717) is 27.6 Å². The molecular weight excluding hydrogens is 489 g/mol. The SMILES string of the molecule is Cc1cc(Cl)ccc1O[C@@H](C)c1nc2ccc(F)cc2n1C(C(=O)NC1CCCCC1)C1CCCCC1. The van der Waals surface area contributed by atoms with Gasteiger partial charge in [-0.25, -0.2) is 9.37 Å². The molecule has 5 nitrogen and oxygen atoms in total. The van der Waals surface area contributed by atoms with Crippen LogP contribution in [0.3, 0.4) is 0 Å². The van der Waals surface area contributed by atoms with Crippen LogP contribution in [0.25, 0.3) is 11.0 Å². The maximum atomic E-state index is 14.6. The summed E-state index contributed by atoms with van der Waals surface area (Å²) in [5, 5.41) is 4.03. The average molecular weight is 526 g/mol. The Kier molecular flexibility index (Phi) is 8.04. The van der Waals surface area contributed by atoms with Crippen molar-refractivity contribution in [2.24, 2.45) is 5.92 Å². The number of nitrogens with zero attached hydrogens (tertiary/aromatic N) is 2. The predicted molar refractivity (Wildman–Crippen MR) is 146 cm³/mol. The van der Waals surface area contributed by atoms with Crippen LogP contribution < -0.4 is 10.1 Å². The van der Waals surface area contributed by atoms with Crippen LogP contribution in [0, 0.1) is 18.7 Å². The van der Waals surface area contributed by atoms with Crippen molar-refractivity contribution in [1.29, 1.82) is 0 Å². The highest BCUT2D eigenvalue weighted by Crippen LogP contribution is 2.38. The van der Waals surface area contributed by atoms with Crippen molar-refractivity contribution >= 4 is 28.5 Å². The van der Waals surface area contributed by atoms with Gasteiger partial charge in [-0.1, -0.05) is 50.1 Å². The Morgan fingerprint density at radius 1 is 1.05 bits per heavy atom. The molecule has 3 aromatic rings. The van der Waals surface area contributed by atoms with E-state index in [-0.39, 0.29) is 23.7 Å². The van der Waals surface area contributed by atoms with E-state index in [1.54, 1.807) is 12.1 Å². The minimum Gasteiger partial charge on any atom is -0.483 e. The Bertz CT molecular complexity index is 1250. The molecule has 2 aliphatic rings.